The number of alkyl halides is 7. The van der Waals surface area contributed by atoms with Crippen molar-refractivity contribution in [2.24, 2.45) is 5.92 Å². The highest BCUT2D eigenvalue weighted by molar-refractivity contribution is 7.92. The molecule has 1 aliphatic carbocycles. The molecule has 3 aromatic rings. The lowest BCUT2D eigenvalue weighted by atomic mass is 9.75. The highest BCUT2D eigenvalue weighted by Gasteiger charge is 2.73. The van der Waals surface area contributed by atoms with E-state index >= 15 is 0 Å². The molecule has 2 heterocycles. The van der Waals surface area contributed by atoms with Gasteiger partial charge in [0.05, 0.1) is 10.5 Å². The van der Waals surface area contributed by atoms with Crippen molar-refractivity contribution in [1.29, 1.82) is 0 Å². The van der Waals surface area contributed by atoms with Crippen LogP contribution >= 0.6 is 11.3 Å². The van der Waals surface area contributed by atoms with Gasteiger partial charge >= 0.3 is 18.0 Å². The van der Waals surface area contributed by atoms with Crippen molar-refractivity contribution >= 4 is 27.1 Å². The molecule has 0 radical (unpaired) electrons. The maximum atomic E-state index is 14.9. The van der Waals surface area contributed by atoms with Crippen LogP contribution in [0.3, 0.4) is 0 Å². The van der Waals surface area contributed by atoms with Crippen molar-refractivity contribution in [2.75, 3.05) is 13.1 Å². The zero-order chi connectivity index (χ0) is 29.3. The largest absolute Gasteiger partial charge is 0.435 e. The van der Waals surface area contributed by atoms with Crippen LogP contribution in [0.15, 0.2) is 64.2 Å². The number of aryl methyl sites for hydroxylation is 1. The van der Waals surface area contributed by atoms with Crippen LogP contribution in [0.2, 0.25) is 0 Å². The van der Waals surface area contributed by atoms with Crippen LogP contribution in [0, 0.1) is 11.7 Å². The van der Waals surface area contributed by atoms with E-state index in [-0.39, 0.29) is 41.0 Å². The van der Waals surface area contributed by atoms with E-state index in [4.69, 9.17) is 0 Å². The molecule has 2 aromatic carbocycles. The number of carbonyl (C=O) groups excluding carboxylic acids is 1. The molecule has 1 saturated heterocycles. The molecule has 5 rings (SSSR count). The topological polar surface area (TPSA) is 54.5 Å². The Morgan fingerprint density at radius 1 is 0.950 bits per heavy atom. The maximum absolute atomic E-state index is 14.9. The van der Waals surface area contributed by atoms with Crippen molar-refractivity contribution in [3.05, 3.63) is 87.4 Å². The van der Waals surface area contributed by atoms with Gasteiger partial charge in [-0.1, -0.05) is 18.2 Å². The lowest BCUT2D eigenvalue weighted by Crippen LogP contribution is -2.51. The minimum atomic E-state index is -6.34. The average Bonchev–Trinajstić information content (AvgIpc) is 3.55. The average molecular weight is 610 g/mol. The molecule has 1 aliphatic heterocycles. The van der Waals surface area contributed by atoms with Gasteiger partial charge in [0.1, 0.15) is 10.6 Å². The van der Waals surface area contributed by atoms with Gasteiger partial charge in [0.25, 0.3) is 5.91 Å². The standard InChI is InChI=1S/C26H19F8NO3S2/c27-19-4-6-20(7-5-19)40(37,38)23-14-35(22(36)16-9-10-39-13-16)12-18(23)2-1-15-11-17(3-8-21(15)23)24(28,25(29,30)31)26(32,33)34/h3-11,13,18H,1-2,12,14H2. The quantitative estimate of drug-likeness (QED) is 0.249. The Hall–Kier alpha value is -3.00. The third-order valence-electron chi connectivity index (χ3n) is 7.69. The van der Waals surface area contributed by atoms with E-state index in [1.807, 2.05) is 0 Å². The number of fused-ring (bicyclic) bond motifs is 3. The van der Waals surface area contributed by atoms with Crippen LogP contribution < -0.4 is 0 Å². The third-order valence-corrected chi connectivity index (χ3v) is 10.9. The predicted octanol–water partition coefficient (Wildman–Crippen LogP) is 6.56. The van der Waals surface area contributed by atoms with Crippen LogP contribution in [0.4, 0.5) is 35.1 Å². The zero-order valence-electron chi connectivity index (χ0n) is 20.2. The number of carbonyl (C=O) groups is 1. The first kappa shape index (κ1) is 28.5. The lowest BCUT2D eigenvalue weighted by molar-refractivity contribution is -0.348. The summed E-state index contributed by atoms with van der Waals surface area (Å²) in [6.07, 6.45) is -12.9. The van der Waals surface area contributed by atoms with Crippen LogP contribution in [-0.2, 0) is 26.7 Å². The second-order valence-electron chi connectivity index (χ2n) is 9.81. The minimum Gasteiger partial charge on any atom is -0.336 e. The second kappa shape index (κ2) is 9.26. The first-order chi connectivity index (χ1) is 18.5. The van der Waals surface area contributed by atoms with Gasteiger partial charge in [-0.15, -0.1) is 0 Å². The summed E-state index contributed by atoms with van der Waals surface area (Å²) in [7, 11) is -4.53. The summed E-state index contributed by atoms with van der Waals surface area (Å²) in [5, 5.41) is 3.20. The molecule has 0 spiro atoms. The molecule has 40 heavy (non-hydrogen) atoms. The molecule has 0 bridgehead atoms. The minimum absolute atomic E-state index is 0.0262. The molecule has 1 amide bonds. The second-order valence-corrected chi connectivity index (χ2v) is 12.8. The van der Waals surface area contributed by atoms with Crippen molar-refractivity contribution in [2.45, 2.75) is 40.5 Å². The molecule has 2 atom stereocenters. The highest BCUT2D eigenvalue weighted by Crippen LogP contribution is 2.56. The van der Waals surface area contributed by atoms with Gasteiger partial charge in [-0.3, -0.25) is 4.79 Å². The Labute approximate surface area is 227 Å². The number of rotatable bonds is 4. The molecule has 1 fully saturated rings. The monoisotopic (exact) mass is 609 g/mol. The summed E-state index contributed by atoms with van der Waals surface area (Å²) in [4.78, 5) is 14.1. The molecule has 1 aromatic heterocycles. The Bertz CT molecular complexity index is 1540. The summed E-state index contributed by atoms with van der Waals surface area (Å²) in [5.41, 5.74) is -7.45. The number of benzene rings is 2. The van der Waals surface area contributed by atoms with E-state index in [0.29, 0.717) is 12.1 Å². The first-order valence-electron chi connectivity index (χ1n) is 11.8. The number of sulfone groups is 1. The highest BCUT2D eigenvalue weighted by atomic mass is 32.2. The molecule has 2 aliphatic rings. The Morgan fingerprint density at radius 3 is 2.17 bits per heavy atom. The fraction of sp³-hybridized carbons (Fsp3) is 0.346. The Balaban J connectivity index is 1.71. The zero-order valence-corrected chi connectivity index (χ0v) is 21.8. The summed E-state index contributed by atoms with van der Waals surface area (Å²) in [6.45, 7) is -0.522. The molecular weight excluding hydrogens is 590 g/mol. The van der Waals surface area contributed by atoms with E-state index < -0.39 is 62.4 Å². The molecule has 0 N–H and O–H groups in total. The van der Waals surface area contributed by atoms with Crippen LogP contribution in [0.1, 0.15) is 33.5 Å². The number of nitrogens with zero attached hydrogens (tertiary/aromatic N) is 1. The fourth-order valence-corrected chi connectivity index (χ4v) is 8.75. The van der Waals surface area contributed by atoms with Crippen molar-refractivity contribution in [3.63, 3.8) is 0 Å². The van der Waals surface area contributed by atoms with Crippen LogP contribution in [-0.4, -0.2) is 44.7 Å². The number of hydrogen-bond donors (Lipinski definition) is 0. The molecule has 14 heteroatoms. The predicted molar refractivity (Wildman–Crippen MR) is 129 cm³/mol. The SMILES string of the molecule is O=C(c1ccsc1)N1CC2CCc3cc(C(F)(C(F)(F)F)C(F)(F)F)ccc3C2(S(=O)(=O)c2ccc(F)cc2)C1. The molecule has 2 unspecified atom stereocenters. The normalized spacial score (nSPS) is 21.7. The van der Waals surface area contributed by atoms with Gasteiger partial charge in [0, 0.05) is 30.0 Å². The number of thiophene rings is 1. The van der Waals surface area contributed by atoms with E-state index in [1.54, 1.807) is 10.8 Å². The van der Waals surface area contributed by atoms with Gasteiger partial charge in [-0.2, -0.15) is 37.7 Å². The van der Waals surface area contributed by atoms with E-state index in [9.17, 15) is 48.3 Å². The van der Waals surface area contributed by atoms with Crippen molar-refractivity contribution < 1.29 is 48.3 Å². The van der Waals surface area contributed by atoms with Gasteiger partial charge in [-0.25, -0.2) is 17.2 Å². The van der Waals surface area contributed by atoms with Crippen LogP contribution in [0.25, 0.3) is 0 Å². The van der Waals surface area contributed by atoms with E-state index in [0.717, 1.165) is 30.3 Å². The first-order valence-corrected chi connectivity index (χ1v) is 14.2. The van der Waals surface area contributed by atoms with Crippen molar-refractivity contribution in [3.8, 4) is 0 Å². The van der Waals surface area contributed by atoms with Crippen molar-refractivity contribution in [1.82, 2.24) is 4.90 Å². The Kier molecular flexibility index (Phi) is 6.61. The summed E-state index contributed by atoms with van der Waals surface area (Å²) in [6, 6.07) is 6.83. The summed E-state index contributed by atoms with van der Waals surface area (Å²) >= 11 is 1.23. The van der Waals surface area contributed by atoms with Gasteiger partial charge in [-0.05, 0) is 59.7 Å². The molecular formula is C26H19F8NO3S2. The smallest absolute Gasteiger partial charge is 0.336 e. The number of hydrogen-bond acceptors (Lipinski definition) is 4. The number of halogens is 8. The van der Waals surface area contributed by atoms with Gasteiger partial charge in [0.15, 0.2) is 9.84 Å². The molecule has 4 nitrogen and oxygen atoms in total. The fourth-order valence-electron chi connectivity index (χ4n) is 5.76. The molecule has 214 valence electrons. The summed E-state index contributed by atoms with van der Waals surface area (Å²) < 4.78 is 136. The Morgan fingerprint density at radius 2 is 1.60 bits per heavy atom. The number of likely N-dealkylation sites (tertiary alicyclic amines) is 1. The van der Waals surface area contributed by atoms with Gasteiger partial charge < -0.3 is 4.90 Å². The van der Waals surface area contributed by atoms with E-state index in [2.05, 4.69) is 0 Å². The van der Waals surface area contributed by atoms with Crippen LogP contribution in [0.5, 0.6) is 0 Å². The van der Waals surface area contributed by atoms with Gasteiger partial charge in [0.2, 0.25) is 0 Å². The molecule has 0 saturated carbocycles. The lowest BCUT2D eigenvalue weighted by Gasteiger charge is -2.40. The maximum Gasteiger partial charge on any atom is 0.435 e. The summed E-state index contributed by atoms with van der Waals surface area (Å²) in [5.74, 6) is -2.04. The van der Waals surface area contributed by atoms with E-state index in [1.165, 1.54) is 22.3 Å². The third kappa shape index (κ3) is 4.05. The number of amides is 1.